The van der Waals surface area contributed by atoms with Gasteiger partial charge in [-0.25, -0.2) is 36.4 Å². The van der Waals surface area contributed by atoms with Gasteiger partial charge < -0.3 is 25.0 Å². The van der Waals surface area contributed by atoms with E-state index in [2.05, 4.69) is 15.6 Å². The Morgan fingerprint density at radius 1 is 1.00 bits per heavy atom. The van der Waals surface area contributed by atoms with Crippen LogP contribution in [0.25, 0.3) is 11.0 Å². The summed E-state index contributed by atoms with van der Waals surface area (Å²) < 4.78 is 82.1. The van der Waals surface area contributed by atoms with E-state index in [-0.39, 0.29) is 36.4 Å². The summed E-state index contributed by atoms with van der Waals surface area (Å²) in [6.45, 7) is 4.96. The molecule has 3 heterocycles. The van der Waals surface area contributed by atoms with Crippen molar-refractivity contribution in [2.75, 3.05) is 6.54 Å². The van der Waals surface area contributed by atoms with Crippen LogP contribution in [0.5, 0.6) is 5.88 Å². The first-order valence-corrected chi connectivity index (χ1v) is 21.1. The molecule has 2 aromatic rings. The number of amides is 4. The highest BCUT2D eigenvalue weighted by Gasteiger charge is 2.67. The lowest BCUT2D eigenvalue weighted by Gasteiger charge is -2.35. The van der Waals surface area contributed by atoms with Gasteiger partial charge in [-0.3, -0.25) is 19.1 Å². The second-order valence-corrected chi connectivity index (χ2v) is 19.0. The van der Waals surface area contributed by atoms with Gasteiger partial charge in [-0.05, 0) is 81.3 Å². The van der Waals surface area contributed by atoms with Gasteiger partial charge in [0.05, 0.1) is 28.7 Å². The van der Waals surface area contributed by atoms with Gasteiger partial charge in [0.2, 0.25) is 34.1 Å². The second-order valence-electron chi connectivity index (χ2n) is 17.0. The van der Waals surface area contributed by atoms with Crippen molar-refractivity contribution < 1.29 is 50.2 Å². The Balaban J connectivity index is 1.23. The van der Waals surface area contributed by atoms with Crippen LogP contribution < -0.4 is 20.1 Å². The molecule has 14 nitrogen and oxygen atoms in total. The summed E-state index contributed by atoms with van der Waals surface area (Å²) in [6, 6.07) is 1.39. The van der Waals surface area contributed by atoms with Crippen LogP contribution in [0.15, 0.2) is 18.2 Å². The molecule has 3 saturated carbocycles. The molecule has 1 saturated heterocycles. The van der Waals surface area contributed by atoms with Crippen molar-refractivity contribution in [1.29, 1.82) is 0 Å². The fourth-order valence-electron chi connectivity index (χ4n) is 8.34. The van der Waals surface area contributed by atoms with Gasteiger partial charge in [-0.2, -0.15) is 0 Å². The minimum absolute atomic E-state index is 0.0914. The number of rotatable bonds is 6. The average molecular weight is 807 g/mol. The highest BCUT2D eigenvalue weighted by Crippen LogP contribution is 2.48. The molecule has 4 fully saturated rings. The minimum Gasteiger partial charge on any atom is -0.471 e. The fraction of sp³-hybridized carbons (Fsp3) is 0.684. The first-order valence-electron chi connectivity index (χ1n) is 19.5. The van der Waals surface area contributed by atoms with Gasteiger partial charge in [0.25, 0.3) is 5.91 Å². The van der Waals surface area contributed by atoms with Crippen molar-refractivity contribution >= 4 is 44.9 Å². The highest BCUT2D eigenvalue weighted by atomic mass is 32.2. The van der Waals surface area contributed by atoms with E-state index in [0.29, 0.717) is 36.9 Å². The fourth-order valence-corrected chi connectivity index (χ4v) is 9.71. The Morgan fingerprint density at radius 2 is 1.75 bits per heavy atom. The maximum absolute atomic E-state index is 14.6. The summed E-state index contributed by atoms with van der Waals surface area (Å²) in [5.74, 6) is -4.90. The van der Waals surface area contributed by atoms with Gasteiger partial charge >= 0.3 is 6.09 Å². The Morgan fingerprint density at radius 3 is 2.45 bits per heavy atom. The van der Waals surface area contributed by atoms with Crippen molar-refractivity contribution in [3.8, 4) is 5.88 Å². The third kappa shape index (κ3) is 8.40. The number of alkyl carbamates (subject to hydrolysis) is 1. The van der Waals surface area contributed by atoms with Crippen molar-refractivity contribution in [2.24, 2.45) is 17.3 Å². The van der Waals surface area contributed by atoms with Crippen LogP contribution in [0.4, 0.5) is 18.0 Å². The average Bonchev–Trinajstić information content (AvgIpc) is 4.02. The number of halogens is 3. The number of alkyl halides is 2. The number of hydrogen-bond acceptors (Lipinski definition) is 10. The van der Waals surface area contributed by atoms with Crippen molar-refractivity contribution in [1.82, 2.24) is 30.2 Å². The number of nitrogens with one attached hydrogen (secondary N) is 3. The number of benzene rings is 1. The third-order valence-corrected chi connectivity index (χ3v) is 13.6. The lowest BCUT2D eigenvalue weighted by molar-refractivity contribution is -0.143. The number of aromatic nitrogens is 2. The van der Waals surface area contributed by atoms with Crippen molar-refractivity contribution in [2.45, 2.75) is 139 Å². The second kappa shape index (κ2) is 15.3. The number of carbonyl (C=O) groups excluding carboxylic acids is 4. The smallest absolute Gasteiger partial charge is 0.408 e. The van der Waals surface area contributed by atoms with Crippen LogP contribution in [0.2, 0.25) is 0 Å². The Labute approximate surface area is 323 Å². The van der Waals surface area contributed by atoms with Gasteiger partial charge in [0.1, 0.15) is 41.3 Å². The van der Waals surface area contributed by atoms with Crippen LogP contribution in [0.3, 0.4) is 0 Å². The molecule has 0 spiro atoms. The predicted molar refractivity (Wildman–Crippen MR) is 195 cm³/mol. The predicted octanol–water partition coefficient (Wildman–Crippen LogP) is 4.29. The van der Waals surface area contributed by atoms with E-state index >= 15 is 0 Å². The Hall–Kier alpha value is -4.22. The number of hydrogen-bond donors (Lipinski definition) is 3. The summed E-state index contributed by atoms with van der Waals surface area (Å²) in [5, 5.41) is 4.33. The molecule has 1 aromatic carbocycles. The van der Waals surface area contributed by atoms with Gasteiger partial charge in [0, 0.05) is 12.5 Å². The molecule has 0 unspecified atom stereocenters. The molecule has 7 rings (SSSR count). The normalized spacial score (nSPS) is 30.3. The van der Waals surface area contributed by atoms with Crippen LogP contribution in [-0.4, -0.2) is 95.2 Å². The number of aryl methyl sites for hydroxylation is 1. The van der Waals surface area contributed by atoms with Gasteiger partial charge in [-0.1, -0.05) is 33.6 Å². The van der Waals surface area contributed by atoms with E-state index < -0.39 is 92.8 Å². The molecule has 2 aliphatic heterocycles. The quantitative estimate of drug-likeness (QED) is 0.381. The first-order chi connectivity index (χ1) is 26.4. The Kier molecular flexibility index (Phi) is 10.9. The number of ether oxygens (including phenoxy) is 2. The molecule has 3 N–H and O–H groups in total. The van der Waals surface area contributed by atoms with Crippen molar-refractivity contribution in [3.63, 3.8) is 0 Å². The zero-order valence-corrected chi connectivity index (χ0v) is 32.5. The third-order valence-electron chi connectivity index (χ3n) is 11.8. The summed E-state index contributed by atoms with van der Waals surface area (Å²) in [6.07, 6.45) is 1.04. The molecule has 18 heteroatoms. The maximum atomic E-state index is 14.6. The molecule has 5 aliphatic rings. The largest absolute Gasteiger partial charge is 0.471 e. The van der Waals surface area contributed by atoms with Crippen LogP contribution >= 0.6 is 0 Å². The summed E-state index contributed by atoms with van der Waals surface area (Å²) in [5.41, 5.74) is -1.96. The molecule has 7 atom stereocenters. The topological polar surface area (TPSA) is 186 Å². The molecule has 306 valence electrons. The summed E-state index contributed by atoms with van der Waals surface area (Å²) >= 11 is 0. The van der Waals surface area contributed by atoms with Crippen LogP contribution in [0.1, 0.15) is 97.1 Å². The Bertz CT molecular complexity index is 1990. The minimum atomic E-state index is -4.15. The highest BCUT2D eigenvalue weighted by molar-refractivity contribution is 7.91. The molecular formula is C38H49F3N6O8S. The number of nitrogens with zero attached hydrogens (tertiary/aromatic N) is 3. The van der Waals surface area contributed by atoms with E-state index in [4.69, 9.17) is 14.5 Å². The zero-order valence-electron chi connectivity index (χ0n) is 31.7. The van der Waals surface area contributed by atoms with Gasteiger partial charge in [-0.15, -0.1) is 0 Å². The zero-order chi connectivity index (χ0) is 40.2. The number of sulfonamides is 1. The molecular weight excluding hydrogens is 758 g/mol. The van der Waals surface area contributed by atoms with E-state index in [9.17, 15) is 40.8 Å². The van der Waals surface area contributed by atoms with Crippen LogP contribution in [-0.2, 0) is 35.6 Å². The van der Waals surface area contributed by atoms with Crippen LogP contribution in [0, 0.1) is 23.1 Å². The number of carbonyl (C=O) groups is 4. The van der Waals surface area contributed by atoms with Gasteiger partial charge in [0.15, 0.2) is 0 Å². The molecule has 2 bridgehead atoms. The summed E-state index contributed by atoms with van der Waals surface area (Å²) in [7, 11) is -4.15. The first kappa shape index (κ1) is 40.0. The van der Waals surface area contributed by atoms with E-state index in [1.165, 1.54) is 23.1 Å². The van der Waals surface area contributed by atoms with Crippen molar-refractivity contribution in [3.05, 3.63) is 29.7 Å². The summed E-state index contributed by atoms with van der Waals surface area (Å²) in [4.78, 5) is 66.2. The lowest BCUT2D eigenvalue weighted by Crippen LogP contribution is -2.60. The molecule has 3 aliphatic carbocycles. The maximum Gasteiger partial charge on any atom is 0.408 e. The molecule has 0 radical (unpaired) electrons. The monoisotopic (exact) mass is 806 g/mol. The van der Waals surface area contributed by atoms with E-state index in [1.54, 1.807) is 20.8 Å². The molecule has 4 amide bonds. The SMILES string of the molecule is CC(C)(C)[C@@H]1NC(=O)O[C@@H]2CCC[C@H]2CCCCCc2nc3ccc(F)cc3nc2O[C@@H]2C[C@@H](C(=O)N[C@]3(C(=O)NS(=O)(=O)C4CC4)C[C@H]3C(F)F)N(C2)C1=O. The standard InChI is InChI=1S/C38H49F3N6O8S/c1-37(2,3)30-34(49)47-19-22(17-28(47)32(48)45-38(18-24(38)31(40)41)35(50)46-56(52,53)23-13-14-23)54-33-26(42-25-15-12-21(39)16-27(25)43-33)10-6-4-5-8-20-9-7-11-29(20)55-36(51)44-30/h12,15-16,20,22-24,28-31H,4-11,13-14,17-19H2,1-3H3,(H,44,51)(H,45,48)(H,46,50)/t20-,22-,24+,28+,29-,30-,38-/m1/s1. The lowest BCUT2D eigenvalue weighted by atomic mass is 9.85. The van der Waals surface area contributed by atoms with E-state index in [0.717, 1.165) is 38.5 Å². The molecule has 56 heavy (non-hydrogen) atoms. The molecule has 1 aromatic heterocycles. The van der Waals surface area contributed by atoms with E-state index in [1.807, 2.05) is 4.72 Å². The number of fused-ring (bicyclic) bond motifs is 5.